The zero-order valence-corrected chi connectivity index (χ0v) is 23.8. The van der Waals surface area contributed by atoms with Crippen molar-refractivity contribution >= 4 is 26.1 Å². The Morgan fingerprint density at radius 1 is 1.11 bits per heavy atom. The number of nitrogens with zero attached hydrogens (tertiary/aromatic N) is 1. The first-order valence-corrected chi connectivity index (χ1v) is 14.8. The SMILES string of the molecule is COC(=O)C1(C)CC(Nc2ccc(C(F)(F)F)cc2O[Si](C)(C)C(C)(C)C)CN1C(=O)OC(C)(C)C. The van der Waals surface area contributed by atoms with E-state index in [-0.39, 0.29) is 23.8 Å². The molecule has 0 spiro atoms. The molecule has 0 aliphatic carbocycles. The fraction of sp³-hybridized carbons (Fsp3) is 0.680. The van der Waals surface area contributed by atoms with Crippen molar-refractivity contribution in [2.45, 2.75) is 96.4 Å². The highest BCUT2D eigenvalue weighted by atomic mass is 28.4. The minimum atomic E-state index is -4.53. The molecule has 0 bridgehead atoms. The lowest BCUT2D eigenvalue weighted by Gasteiger charge is -2.37. The molecule has 1 aromatic rings. The van der Waals surface area contributed by atoms with Gasteiger partial charge in [0.05, 0.1) is 18.4 Å². The van der Waals surface area contributed by atoms with E-state index in [1.807, 2.05) is 33.9 Å². The summed E-state index contributed by atoms with van der Waals surface area (Å²) in [6.07, 6.45) is -5.04. The largest absolute Gasteiger partial charge is 0.542 e. The summed E-state index contributed by atoms with van der Waals surface area (Å²) in [7, 11) is -1.25. The van der Waals surface area contributed by atoms with Crippen molar-refractivity contribution in [1.82, 2.24) is 4.90 Å². The van der Waals surface area contributed by atoms with Crippen molar-refractivity contribution in [2.24, 2.45) is 0 Å². The Labute approximate surface area is 212 Å². The molecule has 11 heteroatoms. The third kappa shape index (κ3) is 6.66. The lowest BCUT2D eigenvalue weighted by Crippen LogP contribution is -2.52. The van der Waals surface area contributed by atoms with Crippen LogP contribution in [-0.4, -0.2) is 56.1 Å². The summed E-state index contributed by atoms with van der Waals surface area (Å²) in [5.74, 6) is -0.519. The monoisotopic (exact) mass is 532 g/mol. The van der Waals surface area contributed by atoms with E-state index in [9.17, 15) is 22.8 Å². The molecule has 1 amide bonds. The first-order valence-electron chi connectivity index (χ1n) is 11.9. The van der Waals surface area contributed by atoms with Gasteiger partial charge in [0.15, 0.2) is 0 Å². The zero-order chi connectivity index (χ0) is 27.9. The number of halogens is 3. The van der Waals surface area contributed by atoms with Crippen LogP contribution < -0.4 is 9.74 Å². The number of hydrogen-bond donors (Lipinski definition) is 1. The van der Waals surface area contributed by atoms with E-state index in [0.29, 0.717) is 5.69 Å². The van der Waals surface area contributed by atoms with Gasteiger partial charge in [0.2, 0.25) is 0 Å². The Bertz CT molecular complexity index is 985. The van der Waals surface area contributed by atoms with Crippen LogP contribution in [0.2, 0.25) is 18.1 Å². The van der Waals surface area contributed by atoms with Crippen molar-refractivity contribution in [3.05, 3.63) is 23.8 Å². The number of esters is 1. The Kier molecular flexibility index (Phi) is 8.10. The van der Waals surface area contributed by atoms with Crippen LogP contribution in [0.15, 0.2) is 18.2 Å². The van der Waals surface area contributed by atoms with Crippen molar-refractivity contribution in [3.8, 4) is 5.75 Å². The Hall–Kier alpha value is -2.43. The normalized spacial score (nSPS) is 21.2. The summed E-state index contributed by atoms with van der Waals surface area (Å²) in [4.78, 5) is 26.9. The molecule has 2 unspecified atom stereocenters. The molecule has 1 aliphatic rings. The van der Waals surface area contributed by atoms with E-state index in [4.69, 9.17) is 13.9 Å². The van der Waals surface area contributed by atoms with Gasteiger partial charge in [-0.2, -0.15) is 13.2 Å². The summed E-state index contributed by atoms with van der Waals surface area (Å²) in [6, 6.07) is 2.85. The van der Waals surface area contributed by atoms with Crippen LogP contribution in [0.3, 0.4) is 0 Å². The second-order valence-corrected chi connectivity index (χ2v) is 16.7. The molecule has 0 radical (unpaired) electrons. The molecular weight excluding hydrogens is 493 g/mol. The minimum absolute atomic E-state index is 0.0844. The van der Waals surface area contributed by atoms with Gasteiger partial charge in [-0.3, -0.25) is 4.90 Å². The molecule has 0 saturated carbocycles. The highest BCUT2D eigenvalue weighted by molar-refractivity contribution is 6.74. The molecule has 0 aromatic heterocycles. The molecule has 1 aliphatic heterocycles. The molecule has 204 valence electrons. The molecule has 1 heterocycles. The molecule has 1 saturated heterocycles. The molecule has 1 fully saturated rings. The maximum absolute atomic E-state index is 13.5. The summed E-state index contributed by atoms with van der Waals surface area (Å²) in [5, 5.41) is 2.97. The van der Waals surface area contributed by atoms with E-state index in [0.717, 1.165) is 12.1 Å². The highest BCUT2D eigenvalue weighted by Gasteiger charge is 2.52. The van der Waals surface area contributed by atoms with Crippen molar-refractivity contribution < 1.29 is 36.7 Å². The highest BCUT2D eigenvalue weighted by Crippen LogP contribution is 2.43. The molecule has 1 N–H and O–H groups in total. The van der Waals surface area contributed by atoms with Gasteiger partial charge in [-0.05, 0) is 64.0 Å². The lowest BCUT2D eigenvalue weighted by atomic mass is 9.97. The third-order valence-corrected chi connectivity index (χ3v) is 11.1. The number of hydrogen-bond acceptors (Lipinski definition) is 6. The molecule has 2 atom stereocenters. The first kappa shape index (κ1) is 29.8. The Morgan fingerprint density at radius 3 is 2.17 bits per heavy atom. The van der Waals surface area contributed by atoms with Crippen LogP contribution in [0, 0.1) is 0 Å². The molecule has 2 rings (SSSR count). The van der Waals surface area contributed by atoms with Crippen molar-refractivity contribution in [1.29, 1.82) is 0 Å². The van der Waals surface area contributed by atoms with Crippen molar-refractivity contribution in [2.75, 3.05) is 19.0 Å². The molecule has 7 nitrogen and oxygen atoms in total. The number of ether oxygens (including phenoxy) is 2. The maximum Gasteiger partial charge on any atom is 0.416 e. The Morgan fingerprint density at radius 2 is 1.69 bits per heavy atom. The van der Waals surface area contributed by atoms with Crippen LogP contribution in [0.25, 0.3) is 0 Å². The van der Waals surface area contributed by atoms with Gasteiger partial charge >= 0.3 is 18.2 Å². The van der Waals surface area contributed by atoms with Crippen LogP contribution in [0.1, 0.15) is 60.5 Å². The third-order valence-electron chi connectivity index (χ3n) is 6.72. The number of benzene rings is 1. The smallest absolute Gasteiger partial charge is 0.416 e. The minimum Gasteiger partial charge on any atom is -0.542 e. The first-order chi connectivity index (χ1) is 16.1. The lowest BCUT2D eigenvalue weighted by molar-refractivity contribution is -0.152. The number of rotatable bonds is 5. The average Bonchev–Trinajstić information content (AvgIpc) is 3.03. The van der Waals surface area contributed by atoms with Gasteiger partial charge in [0.1, 0.15) is 16.9 Å². The second-order valence-electron chi connectivity index (χ2n) is 12.0. The fourth-order valence-corrected chi connectivity index (χ4v) is 4.75. The number of amides is 1. The summed E-state index contributed by atoms with van der Waals surface area (Å²) in [6.45, 7) is 16.7. The molecule has 36 heavy (non-hydrogen) atoms. The Balaban J connectivity index is 2.45. The number of carbonyl (C=O) groups is 2. The number of carbonyl (C=O) groups excluding carboxylic acids is 2. The van der Waals surface area contributed by atoms with Crippen LogP contribution in [-0.2, 0) is 20.4 Å². The number of methoxy groups -OCH3 is 1. The van der Waals surface area contributed by atoms with Crippen LogP contribution in [0.4, 0.5) is 23.7 Å². The van der Waals surface area contributed by atoms with Gasteiger partial charge in [-0.25, -0.2) is 9.59 Å². The van der Waals surface area contributed by atoms with E-state index < -0.39 is 49.3 Å². The predicted molar refractivity (Wildman–Crippen MR) is 135 cm³/mol. The van der Waals surface area contributed by atoms with E-state index in [2.05, 4.69) is 5.32 Å². The maximum atomic E-state index is 13.5. The van der Waals surface area contributed by atoms with Crippen LogP contribution in [0.5, 0.6) is 5.75 Å². The average molecular weight is 533 g/mol. The molecular formula is C25H39F3N2O5Si. The fourth-order valence-electron chi connectivity index (χ4n) is 3.73. The molecule has 1 aromatic carbocycles. The van der Waals surface area contributed by atoms with Crippen LogP contribution >= 0.6 is 0 Å². The number of alkyl halides is 3. The van der Waals surface area contributed by atoms with Gasteiger partial charge in [0, 0.05) is 19.0 Å². The standard InChI is InChI=1S/C25H39F3N2O5Si/c1-22(2,3)34-21(32)30-15-17(14-24(30,7)20(31)33-8)29-18-12-11-16(25(26,27)28)13-19(18)35-36(9,10)23(4,5)6/h11-13,17,29H,14-15H2,1-10H3. The summed E-state index contributed by atoms with van der Waals surface area (Å²) in [5.41, 5.74) is -2.56. The quantitative estimate of drug-likeness (QED) is 0.347. The van der Waals surface area contributed by atoms with E-state index in [1.54, 1.807) is 27.7 Å². The van der Waals surface area contributed by atoms with Gasteiger partial charge in [-0.15, -0.1) is 0 Å². The number of nitrogens with one attached hydrogen (secondary N) is 1. The number of likely N-dealkylation sites (tertiary alicyclic amines) is 1. The summed E-state index contributed by atoms with van der Waals surface area (Å²) < 4.78 is 57.3. The van der Waals surface area contributed by atoms with E-state index in [1.165, 1.54) is 18.1 Å². The van der Waals surface area contributed by atoms with Gasteiger partial charge in [-0.1, -0.05) is 20.8 Å². The van der Waals surface area contributed by atoms with Gasteiger partial charge < -0.3 is 19.2 Å². The predicted octanol–water partition coefficient (Wildman–Crippen LogP) is 6.44. The zero-order valence-electron chi connectivity index (χ0n) is 22.8. The van der Waals surface area contributed by atoms with E-state index >= 15 is 0 Å². The summed E-state index contributed by atoms with van der Waals surface area (Å²) >= 11 is 0. The number of anilines is 1. The van der Waals surface area contributed by atoms with Crippen molar-refractivity contribution in [3.63, 3.8) is 0 Å². The topological polar surface area (TPSA) is 77.1 Å². The van der Waals surface area contributed by atoms with Gasteiger partial charge in [0.25, 0.3) is 8.32 Å². The second kappa shape index (κ2) is 9.79.